The number of allylic oxidation sites excluding steroid dienone is 1. The molecule has 0 aliphatic carbocycles. The van der Waals surface area contributed by atoms with Crippen LogP contribution < -0.4 is 16.0 Å². The maximum atomic E-state index is 13.0. The van der Waals surface area contributed by atoms with Crippen LogP contribution in [-0.4, -0.2) is 34.7 Å². The Bertz CT molecular complexity index is 1120. The van der Waals surface area contributed by atoms with Gasteiger partial charge in [-0.2, -0.15) is 13.2 Å². The minimum atomic E-state index is -5.03. The monoisotopic (exact) mass is 521 g/mol. The number of benzene rings is 1. The molecule has 4 N–H and O–H groups in total. The first-order valence-electron chi connectivity index (χ1n) is 9.15. The number of alkyl halides is 3. The third kappa shape index (κ3) is 7.34. The maximum Gasteiger partial charge on any atom is 0.432 e. The molecule has 0 bridgehead atoms. The van der Waals surface area contributed by atoms with E-state index in [9.17, 15) is 22.8 Å². The van der Waals surface area contributed by atoms with Crippen molar-refractivity contribution in [2.24, 2.45) is 0 Å². The van der Waals surface area contributed by atoms with E-state index in [2.05, 4.69) is 20.9 Å². The van der Waals surface area contributed by atoms with Crippen molar-refractivity contribution >= 4 is 63.8 Å². The highest BCUT2D eigenvalue weighted by Crippen LogP contribution is 2.31. The molecule has 0 saturated carbocycles. The van der Waals surface area contributed by atoms with Gasteiger partial charge in [-0.15, -0.1) is 0 Å². The molecule has 0 aliphatic rings. The molecule has 1 aromatic carbocycles. The van der Waals surface area contributed by atoms with Gasteiger partial charge in [0.05, 0.1) is 21.3 Å². The first kappa shape index (κ1) is 26.4. The molecular weight excluding hydrogens is 506 g/mol. The average Bonchev–Trinajstić information content (AvgIpc) is 2.69. The van der Waals surface area contributed by atoms with Crippen LogP contribution in [0.3, 0.4) is 0 Å². The smallest absolute Gasteiger partial charge is 0.350 e. The summed E-state index contributed by atoms with van der Waals surface area (Å²) in [5, 5.41) is 14.5. The normalized spacial score (nSPS) is 11.8. The van der Waals surface area contributed by atoms with Crippen molar-refractivity contribution in [1.82, 2.24) is 10.3 Å². The Morgan fingerprint density at radius 2 is 1.79 bits per heavy atom. The summed E-state index contributed by atoms with van der Waals surface area (Å²) in [5.41, 5.74) is -2.84. The van der Waals surface area contributed by atoms with Gasteiger partial charge in [0.15, 0.2) is 0 Å². The zero-order chi connectivity index (χ0) is 24.9. The fourth-order valence-corrected chi connectivity index (χ4v) is 3.10. The number of pyridine rings is 1. The quantitative estimate of drug-likeness (QED) is 0.276. The van der Waals surface area contributed by atoms with E-state index >= 15 is 0 Å². The SMILES string of the molecule is CC(C)NC(=O)c1cc(Cl)cc(Cl)c1NC(=O)/C(=C/C(=N)C(F)(F)F)Nc1ncccc1Cl. The number of halogens is 6. The summed E-state index contributed by atoms with van der Waals surface area (Å²) in [6.45, 7) is 3.40. The lowest BCUT2D eigenvalue weighted by molar-refractivity contribution is -0.112. The third-order valence-electron chi connectivity index (χ3n) is 3.81. The predicted molar refractivity (Wildman–Crippen MR) is 122 cm³/mol. The molecule has 0 spiro atoms. The number of hydrogen-bond donors (Lipinski definition) is 4. The molecule has 0 atom stereocenters. The van der Waals surface area contributed by atoms with Crippen LogP contribution in [0.1, 0.15) is 24.2 Å². The summed E-state index contributed by atoms with van der Waals surface area (Å²) in [5.74, 6) is -1.90. The van der Waals surface area contributed by atoms with Gasteiger partial charge in [0.1, 0.15) is 17.2 Å². The van der Waals surface area contributed by atoms with Gasteiger partial charge in [0.25, 0.3) is 11.8 Å². The minimum absolute atomic E-state index is 0.0104. The second kappa shape index (κ2) is 10.9. The average molecular weight is 523 g/mol. The second-order valence-electron chi connectivity index (χ2n) is 6.82. The highest BCUT2D eigenvalue weighted by Gasteiger charge is 2.34. The molecule has 2 rings (SSSR count). The Balaban J connectivity index is 2.50. The van der Waals surface area contributed by atoms with E-state index in [1.807, 2.05) is 0 Å². The van der Waals surface area contributed by atoms with Crippen molar-refractivity contribution in [2.75, 3.05) is 10.6 Å². The molecule has 2 aromatic rings. The Morgan fingerprint density at radius 1 is 1.12 bits per heavy atom. The predicted octanol–water partition coefficient (Wildman–Crippen LogP) is 5.70. The number of carbonyl (C=O) groups excluding carboxylic acids is 2. The van der Waals surface area contributed by atoms with Crippen molar-refractivity contribution in [2.45, 2.75) is 26.1 Å². The first-order chi connectivity index (χ1) is 15.3. The van der Waals surface area contributed by atoms with Gasteiger partial charge in [0.2, 0.25) is 0 Å². The number of anilines is 2. The fraction of sp³-hybridized carbons (Fsp3) is 0.200. The number of rotatable bonds is 7. The summed E-state index contributed by atoms with van der Waals surface area (Å²) >= 11 is 18.1. The van der Waals surface area contributed by atoms with Crippen LogP contribution in [0.5, 0.6) is 0 Å². The molecule has 0 aliphatic heterocycles. The molecular formula is C20H17Cl3F3N5O2. The molecule has 176 valence electrons. The largest absolute Gasteiger partial charge is 0.432 e. The topological polar surface area (TPSA) is 107 Å². The van der Waals surface area contributed by atoms with E-state index < -0.39 is 29.4 Å². The van der Waals surface area contributed by atoms with E-state index in [4.69, 9.17) is 40.2 Å². The van der Waals surface area contributed by atoms with Crippen LogP contribution in [0.25, 0.3) is 0 Å². The molecule has 0 saturated heterocycles. The van der Waals surface area contributed by atoms with E-state index in [1.54, 1.807) is 13.8 Å². The first-order valence-corrected chi connectivity index (χ1v) is 10.3. The van der Waals surface area contributed by atoms with Gasteiger partial charge in [-0.1, -0.05) is 34.8 Å². The van der Waals surface area contributed by atoms with Gasteiger partial charge < -0.3 is 16.0 Å². The standard InChI is InChI=1S/C20H17Cl3F3N5O2/c1-9(2)29-18(32)11-6-10(21)7-13(23)16(11)31-19(33)14(8-15(27)20(24,25)26)30-17-12(22)4-3-5-28-17/h3-9,27H,1-2H3,(H,28,30)(H,29,32)(H,31,33)/b14-8-,27-15?. The molecule has 0 unspecified atom stereocenters. The number of aromatic nitrogens is 1. The summed E-state index contributed by atoms with van der Waals surface area (Å²) in [4.78, 5) is 29.3. The lowest BCUT2D eigenvalue weighted by Crippen LogP contribution is -2.31. The number of carbonyl (C=O) groups is 2. The molecule has 13 heteroatoms. The Labute approximate surface area is 201 Å². The lowest BCUT2D eigenvalue weighted by Gasteiger charge is -2.17. The van der Waals surface area contributed by atoms with Crippen molar-refractivity contribution in [1.29, 1.82) is 5.41 Å². The van der Waals surface area contributed by atoms with Crippen LogP contribution in [0.2, 0.25) is 15.1 Å². The Hall–Kier alpha value is -2.82. The summed E-state index contributed by atoms with van der Waals surface area (Å²) in [6.07, 6.45) is -3.47. The number of amides is 2. The van der Waals surface area contributed by atoms with Gasteiger partial charge >= 0.3 is 6.18 Å². The van der Waals surface area contributed by atoms with E-state index in [0.29, 0.717) is 0 Å². The molecule has 0 radical (unpaired) electrons. The second-order valence-corrected chi connectivity index (χ2v) is 8.07. The summed E-state index contributed by atoms with van der Waals surface area (Å²) < 4.78 is 38.9. The number of hydrogen-bond acceptors (Lipinski definition) is 5. The maximum absolute atomic E-state index is 13.0. The Morgan fingerprint density at radius 3 is 2.36 bits per heavy atom. The van der Waals surface area contributed by atoms with Crippen molar-refractivity contribution in [3.63, 3.8) is 0 Å². The van der Waals surface area contributed by atoms with Gasteiger partial charge in [0, 0.05) is 17.3 Å². The van der Waals surface area contributed by atoms with Crippen molar-refractivity contribution in [3.05, 3.63) is 62.9 Å². The van der Waals surface area contributed by atoms with E-state index in [1.165, 1.54) is 30.5 Å². The van der Waals surface area contributed by atoms with Crippen LogP contribution >= 0.6 is 34.8 Å². The molecule has 1 heterocycles. The van der Waals surface area contributed by atoms with Crippen molar-refractivity contribution < 1.29 is 22.8 Å². The van der Waals surface area contributed by atoms with Gasteiger partial charge in [-0.3, -0.25) is 15.0 Å². The summed E-state index contributed by atoms with van der Waals surface area (Å²) in [6, 6.07) is 5.09. The fourth-order valence-electron chi connectivity index (χ4n) is 2.39. The zero-order valence-corrected chi connectivity index (χ0v) is 19.3. The van der Waals surface area contributed by atoms with Crippen LogP contribution in [0, 0.1) is 5.41 Å². The highest BCUT2D eigenvalue weighted by atomic mass is 35.5. The highest BCUT2D eigenvalue weighted by molar-refractivity contribution is 6.38. The van der Waals surface area contributed by atoms with Gasteiger partial charge in [-0.05, 0) is 44.2 Å². The van der Waals surface area contributed by atoms with E-state index in [-0.39, 0.29) is 44.3 Å². The molecule has 0 fully saturated rings. The van der Waals surface area contributed by atoms with Crippen LogP contribution in [-0.2, 0) is 4.79 Å². The molecule has 1 aromatic heterocycles. The van der Waals surface area contributed by atoms with Gasteiger partial charge in [-0.25, -0.2) is 4.98 Å². The lowest BCUT2D eigenvalue weighted by atomic mass is 10.1. The summed E-state index contributed by atoms with van der Waals surface area (Å²) in [7, 11) is 0. The van der Waals surface area contributed by atoms with Crippen molar-refractivity contribution in [3.8, 4) is 0 Å². The molecule has 7 nitrogen and oxygen atoms in total. The van der Waals surface area contributed by atoms with E-state index in [0.717, 1.165) is 0 Å². The third-order valence-corrected chi connectivity index (χ3v) is 4.63. The molecule has 33 heavy (non-hydrogen) atoms. The zero-order valence-electron chi connectivity index (χ0n) is 17.1. The van der Waals surface area contributed by atoms with Crippen LogP contribution in [0.15, 0.2) is 42.2 Å². The minimum Gasteiger partial charge on any atom is -0.350 e. The number of nitrogens with zero attached hydrogens (tertiary/aromatic N) is 1. The number of nitrogens with one attached hydrogen (secondary N) is 4. The van der Waals surface area contributed by atoms with Crippen LogP contribution in [0.4, 0.5) is 24.7 Å². The Kier molecular flexibility index (Phi) is 8.70. The molecule has 2 amide bonds.